The molecule has 5 atom stereocenters. The molecule has 12 nitrogen and oxygen atoms in total. The van der Waals surface area contributed by atoms with Gasteiger partial charge in [-0.3, -0.25) is 0 Å². The first-order chi connectivity index (χ1) is 11.1. The van der Waals surface area contributed by atoms with E-state index in [2.05, 4.69) is 0 Å². The van der Waals surface area contributed by atoms with Crippen molar-refractivity contribution in [1.82, 2.24) is 17.2 Å². The number of likely N-dealkylation sites (N-methyl/N-ethyl adjacent to an activating group) is 4. The van der Waals surface area contributed by atoms with Gasteiger partial charge in [-0.05, 0) is 0 Å². The summed E-state index contributed by atoms with van der Waals surface area (Å²) < 4.78 is 74.8. The van der Waals surface area contributed by atoms with Crippen molar-refractivity contribution in [1.29, 1.82) is 0 Å². The van der Waals surface area contributed by atoms with Gasteiger partial charge in [-0.15, -0.1) is 0 Å². The Morgan fingerprint density at radius 1 is 0.542 bits per heavy atom. The summed E-state index contributed by atoms with van der Waals surface area (Å²) in [6.45, 7) is 0. The number of rotatable bonds is 1. The molecule has 4 aliphatic rings. The highest BCUT2D eigenvalue weighted by Crippen LogP contribution is 2.40. The monoisotopic (exact) mass is 386 g/mol. The molecule has 0 spiro atoms. The summed E-state index contributed by atoms with van der Waals surface area (Å²) in [5, 5.41) is 0. The van der Waals surface area contributed by atoms with Crippen molar-refractivity contribution < 1.29 is 35.8 Å². The molecule has 0 aromatic rings. The van der Waals surface area contributed by atoms with Crippen LogP contribution in [0.15, 0.2) is 0 Å². The quantitative estimate of drug-likeness (QED) is 0.477. The van der Waals surface area contributed by atoms with Crippen molar-refractivity contribution >= 4 is 20.4 Å². The highest BCUT2D eigenvalue weighted by molar-refractivity contribution is 7.87. The van der Waals surface area contributed by atoms with Gasteiger partial charge in [-0.25, -0.2) is 0 Å². The molecule has 138 valence electrons. The van der Waals surface area contributed by atoms with Crippen LogP contribution in [0.1, 0.15) is 0 Å². The summed E-state index contributed by atoms with van der Waals surface area (Å²) in [6, 6.07) is 0. The fraction of sp³-hybridized carbons (Fsp3) is 1.00. The maximum atomic E-state index is 12.0. The molecule has 14 heteroatoms. The predicted molar refractivity (Wildman–Crippen MR) is 76.0 cm³/mol. The van der Waals surface area contributed by atoms with Crippen LogP contribution in [-0.2, 0) is 39.4 Å². The Hall–Kier alpha value is -0.420. The van der Waals surface area contributed by atoms with Gasteiger partial charge in [-0.1, -0.05) is 0 Å². The second-order valence-electron chi connectivity index (χ2n) is 5.92. The third-order valence-electron chi connectivity index (χ3n) is 4.69. The van der Waals surface area contributed by atoms with E-state index in [-0.39, 0.29) is 0 Å². The van der Waals surface area contributed by atoms with Gasteiger partial charge in [0, 0.05) is 28.2 Å². The normalized spacial score (nSPS) is 46.6. The highest BCUT2D eigenvalue weighted by atomic mass is 32.2. The average molecular weight is 386 g/mol. The third kappa shape index (κ3) is 2.00. The molecular weight excluding hydrogens is 368 g/mol. The number of hydrogen-bond donors (Lipinski definition) is 0. The zero-order valence-electron chi connectivity index (χ0n) is 13.3. The fourth-order valence-electron chi connectivity index (χ4n) is 3.13. The molecule has 4 heterocycles. The Labute approximate surface area is 139 Å². The van der Waals surface area contributed by atoms with E-state index in [1.165, 1.54) is 28.2 Å². The number of hydrogen-bond acceptors (Lipinski definition) is 8. The Balaban J connectivity index is 1.50. The topological polar surface area (TPSA) is 118 Å². The lowest BCUT2D eigenvalue weighted by Gasteiger charge is -2.24. The van der Waals surface area contributed by atoms with E-state index in [0.29, 0.717) is 0 Å². The van der Waals surface area contributed by atoms with E-state index in [0.717, 1.165) is 17.2 Å². The molecule has 24 heavy (non-hydrogen) atoms. The van der Waals surface area contributed by atoms with E-state index >= 15 is 0 Å². The van der Waals surface area contributed by atoms with Crippen LogP contribution in [0.2, 0.25) is 0 Å². The summed E-state index contributed by atoms with van der Waals surface area (Å²) in [7, 11) is -1.68. The standard InChI is InChI=1S/C10H18N4O8S2/c1-11-5-6(12(2)23(11,15)16)20-9(19-5)10-21-7-8(22-10)14(4)24(17,18)13(7)3/h5-10H,1-4H3/t5-,6-,7-,8+,10?/m0/s1. The maximum absolute atomic E-state index is 12.0. The van der Waals surface area contributed by atoms with Crippen LogP contribution in [0, 0.1) is 0 Å². The molecule has 4 saturated heterocycles. The highest BCUT2D eigenvalue weighted by Gasteiger charge is 2.61. The SMILES string of the molecule is CN1[C@@H]2OC(C3O[C@H]4[C@H](O3)N(C)S(=O)(=O)N4C)O[C@@H]2N(C)S1(=O)=O. The van der Waals surface area contributed by atoms with Gasteiger partial charge in [0.1, 0.15) is 0 Å². The van der Waals surface area contributed by atoms with Crippen molar-refractivity contribution in [3.05, 3.63) is 0 Å². The first-order valence-electron chi connectivity index (χ1n) is 7.10. The number of ether oxygens (including phenoxy) is 4. The van der Waals surface area contributed by atoms with E-state index in [4.69, 9.17) is 18.9 Å². The van der Waals surface area contributed by atoms with Gasteiger partial charge in [-0.2, -0.15) is 34.1 Å². The first-order valence-corrected chi connectivity index (χ1v) is 9.90. The second-order valence-corrected chi connectivity index (χ2v) is 10.0. The Kier molecular flexibility index (Phi) is 3.59. The van der Waals surface area contributed by atoms with Crippen LogP contribution in [-0.4, -0.2) is 99.7 Å². The van der Waals surface area contributed by atoms with Crippen molar-refractivity contribution in [2.75, 3.05) is 28.2 Å². The summed E-state index contributed by atoms with van der Waals surface area (Å²) >= 11 is 0. The van der Waals surface area contributed by atoms with E-state index in [9.17, 15) is 16.8 Å². The number of fused-ring (bicyclic) bond motifs is 2. The molecule has 0 N–H and O–H groups in total. The molecular formula is C10H18N4O8S2. The van der Waals surface area contributed by atoms with Crippen LogP contribution in [0.5, 0.6) is 0 Å². The number of nitrogens with zero attached hydrogens (tertiary/aromatic N) is 4. The second kappa shape index (κ2) is 5.06. The minimum Gasteiger partial charge on any atom is -0.324 e. The Morgan fingerprint density at radius 3 is 0.958 bits per heavy atom. The molecule has 0 bridgehead atoms. The first kappa shape index (κ1) is 17.0. The van der Waals surface area contributed by atoms with Crippen molar-refractivity contribution in [2.45, 2.75) is 37.5 Å². The van der Waals surface area contributed by atoms with Crippen LogP contribution in [0.3, 0.4) is 0 Å². The molecule has 0 radical (unpaired) electrons. The minimum absolute atomic E-state index is 0.822. The molecule has 0 amide bonds. The maximum Gasteiger partial charge on any atom is 0.286 e. The van der Waals surface area contributed by atoms with Crippen LogP contribution >= 0.6 is 0 Å². The lowest BCUT2D eigenvalue weighted by atomic mass is 10.5. The van der Waals surface area contributed by atoms with E-state index in [1.807, 2.05) is 0 Å². The molecule has 4 rings (SSSR count). The van der Waals surface area contributed by atoms with E-state index in [1.54, 1.807) is 0 Å². The smallest absolute Gasteiger partial charge is 0.286 e. The summed E-state index contributed by atoms with van der Waals surface area (Å²) in [5.74, 6) is 0. The van der Waals surface area contributed by atoms with Crippen molar-refractivity contribution in [2.24, 2.45) is 0 Å². The Bertz CT molecular complexity index is 647. The van der Waals surface area contributed by atoms with Gasteiger partial charge >= 0.3 is 0 Å². The predicted octanol–water partition coefficient (Wildman–Crippen LogP) is -2.72. The minimum atomic E-state index is -3.62. The summed E-state index contributed by atoms with van der Waals surface area (Å²) in [4.78, 5) is 0. The molecule has 0 aliphatic carbocycles. The average Bonchev–Trinajstić information content (AvgIpc) is 3.20. The third-order valence-corrected chi connectivity index (χ3v) is 8.44. The molecule has 1 unspecified atom stereocenters. The molecule has 0 aromatic heterocycles. The lowest BCUT2D eigenvalue weighted by molar-refractivity contribution is -0.236. The Morgan fingerprint density at radius 2 is 0.750 bits per heavy atom. The van der Waals surface area contributed by atoms with Gasteiger partial charge < -0.3 is 18.9 Å². The summed E-state index contributed by atoms with van der Waals surface area (Å²) in [5.41, 5.74) is 0. The fourth-order valence-corrected chi connectivity index (χ4v) is 5.61. The van der Waals surface area contributed by atoms with Gasteiger partial charge in [0.25, 0.3) is 20.4 Å². The van der Waals surface area contributed by atoms with Crippen LogP contribution < -0.4 is 0 Å². The van der Waals surface area contributed by atoms with Crippen molar-refractivity contribution in [3.63, 3.8) is 0 Å². The molecule has 4 fully saturated rings. The van der Waals surface area contributed by atoms with Crippen molar-refractivity contribution in [3.8, 4) is 0 Å². The van der Waals surface area contributed by atoms with Crippen LogP contribution in [0.4, 0.5) is 0 Å². The molecule has 0 saturated carbocycles. The molecule has 0 aromatic carbocycles. The van der Waals surface area contributed by atoms with E-state index < -0.39 is 57.9 Å². The van der Waals surface area contributed by atoms with Gasteiger partial charge in [0.15, 0.2) is 24.9 Å². The zero-order valence-corrected chi connectivity index (χ0v) is 15.0. The largest absolute Gasteiger partial charge is 0.324 e. The molecule has 4 aliphatic heterocycles. The zero-order chi connectivity index (χ0) is 17.6. The van der Waals surface area contributed by atoms with Gasteiger partial charge in [0.2, 0.25) is 12.6 Å². The van der Waals surface area contributed by atoms with Crippen LogP contribution in [0.25, 0.3) is 0 Å². The van der Waals surface area contributed by atoms with Gasteiger partial charge in [0.05, 0.1) is 0 Å². The summed E-state index contributed by atoms with van der Waals surface area (Å²) in [6.07, 6.45) is -5.24. The lowest BCUT2D eigenvalue weighted by Crippen LogP contribution is -2.40.